The van der Waals surface area contributed by atoms with Crippen LogP contribution in [-0.4, -0.2) is 28.7 Å². The number of carboxylic acid groups (broad SMARTS) is 1. The Kier molecular flexibility index (Phi) is 5.03. The fourth-order valence-electron chi connectivity index (χ4n) is 2.58. The molecule has 1 aliphatic rings. The summed E-state index contributed by atoms with van der Waals surface area (Å²) in [5.41, 5.74) is 1.89. The van der Waals surface area contributed by atoms with Crippen molar-refractivity contribution in [1.82, 2.24) is 10.3 Å². The molecule has 1 amide bonds. The molecule has 1 aromatic heterocycles. The van der Waals surface area contributed by atoms with Gasteiger partial charge in [0.1, 0.15) is 10.8 Å². The van der Waals surface area contributed by atoms with E-state index >= 15 is 0 Å². The first-order chi connectivity index (χ1) is 11.2. The van der Waals surface area contributed by atoms with Crippen molar-refractivity contribution in [2.75, 3.05) is 12.5 Å². The summed E-state index contributed by atoms with van der Waals surface area (Å²) in [5, 5.41) is 12.3. The van der Waals surface area contributed by atoms with Crippen LogP contribution in [0.15, 0.2) is 24.3 Å². The summed E-state index contributed by atoms with van der Waals surface area (Å²) in [7, 11) is 0. The first-order valence-electron chi connectivity index (χ1n) is 7.45. The van der Waals surface area contributed by atoms with Crippen LogP contribution in [0.3, 0.4) is 0 Å². The standard InChI is InChI=1S/C16H17ClN2O3S/c17-8-1-9-22-11-4-2-10(3-5-11)15-19-14-12(18-16(20)21)6-7-13(14)23-15/h2-5,12,18H,1,6-9H2,(H,20,21). The van der Waals surface area contributed by atoms with Crippen molar-refractivity contribution in [2.45, 2.75) is 25.3 Å². The predicted molar refractivity (Wildman–Crippen MR) is 90.6 cm³/mol. The Morgan fingerprint density at radius 2 is 2.22 bits per heavy atom. The summed E-state index contributed by atoms with van der Waals surface area (Å²) in [6.45, 7) is 0.608. The number of halogens is 1. The molecule has 1 heterocycles. The number of rotatable bonds is 6. The van der Waals surface area contributed by atoms with Crippen molar-refractivity contribution in [3.63, 3.8) is 0 Å². The second kappa shape index (κ2) is 7.19. The number of fused-ring (bicyclic) bond motifs is 1. The summed E-state index contributed by atoms with van der Waals surface area (Å²) in [6.07, 6.45) is 1.47. The minimum atomic E-state index is -1.00. The van der Waals surface area contributed by atoms with Crippen molar-refractivity contribution in [1.29, 1.82) is 0 Å². The number of nitrogens with one attached hydrogen (secondary N) is 1. The highest BCUT2D eigenvalue weighted by Gasteiger charge is 2.28. The molecule has 5 nitrogen and oxygen atoms in total. The van der Waals surface area contributed by atoms with Crippen molar-refractivity contribution in [3.05, 3.63) is 34.8 Å². The lowest BCUT2D eigenvalue weighted by Gasteiger charge is -2.08. The highest BCUT2D eigenvalue weighted by atomic mass is 35.5. The molecule has 0 saturated carbocycles. The smallest absolute Gasteiger partial charge is 0.405 e. The van der Waals surface area contributed by atoms with Crippen LogP contribution >= 0.6 is 22.9 Å². The van der Waals surface area contributed by atoms with Gasteiger partial charge in [-0.15, -0.1) is 22.9 Å². The molecule has 1 atom stereocenters. The zero-order valence-electron chi connectivity index (χ0n) is 12.4. The molecule has 0 bridgehead atoms. The maximum absolute atomic E-state index is 10.8. The summed E-state index contributed by atoms with van der Waals surface area (Å²) >= 11 is 7.25. The van der Waals surface area contributed by atoms with Gasteiger partial charge in [-0.1, -0.05) is 0 Å². The number of ether oxygens (including phenoxy) is 1. The molecular formula is C16H17ClN2O3S. The lowest BCUT2D eigenvalue weighted by molar-refractivity contribution is 0.189. The number of aryl methyl sites for hydroxylation is 1. The Morgan fingerprint density at radius 3 is 2.91 bits per heavy atom. The molecule has 7 heteroatoms. The third-order valence-corrected chi connectivity index (χ3v) is 5.11. The summed E-state index contributed by atoms with van der Waals surface area (Å²) in [4.78, 5) is 16.6. The first-order valence-corrected chi connectivity index (χ1v) is 8.80. The SMILES string of the molecule is O=C(O)NC1CCc2sc(-c3ccc(OCCCCl)cc3)nc21. The van der Waals surface area contributed by atoms with Gasteiger partial charge in [-0.2, -0.15) is 0 Å². The summed E-state index contributed by atoms with van der Waals surface area (Å²) in [6, 6.07) is 7.60. The number of carbonyl (C=O) groups is 1. The van der Waals surface area contributed by atoms with Crippen molar-refractivity contribution in [3.8, 4) is 16.3 Å². The largest absolute Gasteiger partial charge is 0.494 e. The lowest BCUT2D eigenvalue weighted by atomic mass is 10.2. The minimum Gasteiger partial charge on any atom is -0.494 e. The van der Waals surface area contributed by atoms with Gasteiger partial charge in [-0.3, -0.25) is 0 Å². The molecule has 2 aromatic rings. The van der Waals surface area contributed by atoms with Crippen LogP contribution in [0.1, 0.15) is 29.5 Å². The number of aromatic nitrogens is 1. The third-order valence-electron chi connectivity index (χ3n) is 3.66. The van der Waals surface area contributed by atoms with E-state index in [1.807, 2.05) is 24.3 Å². The maximum atomic E-state index is 10.8. The van der Waals surface area contributed by atoms with E-state index in [1.54, 1.807) is 11.3 Å². The third kappa shape index (κ3) is 3.76. The summed E-state index contributed by atoms with van der Waals surface area (Å²) in [5.74, 6) is 1.40. The van der Waals surface area contributed by atoms with E-state index in [9.17, 15) is 4.79 Å². The monoisotopic (exact) mass is 352 g/mol. The van der Waals surface area contributed by atoms with Gasteiger partial charge in [-0.25, -0.2) is 9.78 Å². The van der Waals surface area contributed by atoms with Crippen LogP contribution in [0, 0.1) is 0 Å². The van der Waals surface area contributed by atoms with Crippen LogP contribution in [0.25, 0.3) is 10.6 Å². The van der Waals surface area contributed by atoms with E-state index in [0.717, 1.165) is 41.3 Å². The van der Waals surface area contributed by atoms with E-state index < -0.39 is 6.09 Å². The quantitative estimate of drug-likeness (QED) is 0.607. The number of amides is 1. The van der Waals surface area contributed by atoms with Gasteiger partial charge in [0.2, 0.25) is 0 Å². The van der Waals surface area contributed by atoms with Crippen molar-refractivity contribution >= 4 is 29.0 Å². The van der Waals surface area contributed by atoms with Gasteiger partial charge in [-0.05, 0) is 43.5 Å². The molecule has 2 N–H and O–H groups in total. The molecule has 1 unspecified atom stereocenters. The Balaban J connectivity index is 1.72. The molecule has 23 heavy (non-hydrogen) atoms. The number of nitrogens with zero attached hydrogens (tertiary/aromatic N) is 1. The average Bonchev–Trinajstić information content (AvgIpc) is 3.10. The zero-order valence-corrected chi connectivity index (χ0v) is 14.0. The van der Waals surface area contributed by atoms with Gasteiger partial charge in [0.05, 0.1) is 18.3 Å². The Bertz CT molecular complexity index is 687. The topological polar surface area (TPSA) is 71.5 Å². The molecule has 0 radical (unpaired) electrons. The van der Waals surface area contributed by atoms with Gasteiger partial charge in [0, 0.05) is 16.3 Å². The number of hydrogen-bond acceptors (Lipinski definition) is 4. The maximum Gasteiger partial charge on any atom is 0.405 e. The van der Waals surface area contributed by atoms with Gasteiger partial charge < -0.3 is 15.2 Å². The van der Waals surface area contributed by atoms with E-state index in [2.05, 4.69) is 10.3 Å². The summed E-state index contributed by atoms with van der Waals surface area (Å²) < 4.78 is 5.58. The van der Waals surface area contributed by atoms with Gasteiger partial charge >= 0.3 is 6.09 Å². The number of hydrogen-bond donors (Lipinski definition) is 2. The van der Waals surface area contributed by atoms with Gasteiger partial charge in [0.25, 0.3) is 0 Å². The highest BCUT2D eigenvalue weighted by molar-refractivity contribution is 7.15. The molecular weight excluding hydrogens is 336 g/mol. The molecule has 1 aliphatic carbocycles. The van der Waals surface area contributed by atoms with Crippen LogP contribution in [-0.2, 0) is 6.42 Å². The van der Waals surface area contributed by atoms with Crippen LogP contribution in [0.4, 0.5) is 4.79 Å². The fraction of sp³-hybridized carbons (Fsp3) is 0.375. The molecule has 3 rings (SSSR count). The van der Waals surface area contributed by atoms with E-state index in [4.69, 9.17) is 21.4 Å². The van der Waals surface area contributed by atoms with Gasteiger partial charge in [0.15, 0.2) is 0 Å². The molecule has 0 fully saturated rings. The second-order valence-electron chi connectivity index (χ2n) is 5.28. The Labute approximate surface area is 143 Å². The zero-order chi connectivity index (χ0) is 16.2. The van der Waals surface area contributed by atoms with Crippen LogP contribution in [0.5, 0.6) is 5.75 Å². The molecule has 122 valence electrons. The Morgan fingerprint density at radius 1 is 1.43 bits per heavy atom. The van der Waals surface area contributed by atoms with Crippen molar-refractivity contribution in [2.24, 2.45) is 0 Å². The van der Waals surface area contributed by atoms with E-state index in [0.29, 0.717) is 12.5 Å². The number of alkyl halides is 1. The lowest BCUT2D eigenvalue weighted by Crippen LogP contribution is -2.25. The Hall–Kier alpha value is -1.79. The molecule has 0 spiro atoms. The molecule has 0 aliphatic heterocycles. The normalized spacial score (nSPS) is 16.1. The fourth-order valence-corrected chi connectivity index (χ4v) is 3.83. The number of benzene rings is 1. The average molecular weight is 353 g/mol. The second-order valence-corrected chi connectivity index (χ2v) is 6.75. The van der Waals surface area contributed by atoms with Crippen LogP contribution < -0.4 is 10.1 Å². The van der Waals surface area contributed by atoms with E-state index in [-0.39, 0.29) is 6.04 Å². The molecule has 1 aromatic carbocycles. The van der Waals surface area contributed by atoms with Crippen LogP contribution in [0.2, 0.25) is 0 Å². The minimum absolute atomic E-state index is 0.189. The number of thiazole rings is 1. The highest BCUT2D eigenvalue weighted by Crippen LogP contribution is 2.38. The molecule has 0 saturated heterocycles. The predicted octanol–water partition coefficient (Wildman–Crippen LogP) is 4.07. The first kappa shape index (κ1) is 16.1. The van der Waals surface area contributed by atoms with Crippen molar-refractivity contribution < 1.29 is 14.6 Å². The van der Waals surface area contributed by atoms with E-state index in [1.165, 1.54) is 4.88 Å².